The van der Waals surface area contributed by atoms with E-state index in [0.717, 1.165) is 12.8 Å². The largest absolute Gasteiger partial charge is 0.491 e. The minimum Gasteiger partial charge on any atom is -0.491 e. The van der Waals surface area contributed by atoms with Gasteiger partial charge in [0.2, 0.25) is 5.91 Å². The third-order valence-electron chi connectivity index (χ3n) is 7.93. The quantitative estimate of drug-likeness (QED) is 0.170. The molecule has 0 bridgehead atoms. The van der Waals surface area contributed by atoms with Crippen LogP contribution < -0.4 is 4.74 Å². The second-order valence-corrected chi connectivity index (χ2v) is 10.7. The zero-order valence-electron chi connectivity index (χ0n) is 24.6. The molecule has 234 valence electrons. The Kier molecular flexibility index (Phi) is 10.3. The minimum atomic E-state index is -1.63. The van der Waals surface area contributed by atoms with Crippen molar-refractivity contribution in [3.05, 3.63) is 42.5 Å². The molecule has 0 unspecified atom stereocenters. The average Bonchev–Trinajstić information content (AvgIpc) is 3.61. The fourth-order valence-electron chi connectivity index (χ4n) is 5.64. The molecule has 0 saturated carbocycles. The van der Waals surface area contributed by atoms with Crippen LogP contribution in [0.4, 0.5) is 4.79 Å². The van der Waals surface area contributed by atoms with Crippen molar-refractivity contribution in [3.8, 4) is 5.75 Å². The van der Waals surface area contributed by atoms with E-state index in [1.54, 1.807) is 43.0 Å². The van der Waals surface area contributed by atoms with Crippen molar-refractivity contribution < 1.29 is 48.0 Å². The van der Waals surface area contributed by atoms with Crippen LogP contribution >= 0.6 is 0 Å². The van der Waals surface area contributed by atoms with Crippen LogP contribution in [0.3, 0.4) is 0 Å². The van der Waals surface area contributed by atoms with Crippen LogP contribution in [0.1, 0.15) is 43.5 Å². The van der Waals surface area contributed by atoms with Gasteiger partial charge < -0.3 is 38.8 Å². The van der Waals surface area contributed by atoms with Crippen LogP contribution in [0.25, 0.3) is 0 Å². The lowest BCUT2D eigenvalue weighted by Crippen LogP contribution is -2.69. The molecule has 1 aromatic carbocycles. The standard InChI is InChI=1S/C30H39N3O10/c1-4-16-42-29(39)32-14-7-8-21(32)17-43-22-11-9-20(10-12-22)25(35)33-15-13-23(34)24(33)26(36)31-18-30(19-31,27(37)40-5-2)28(38)41-6-3/h4,9-12,21,23-24,34H,1,5-8,13-19H2,2-3H3/t21-,23-,24-/m0/s1. The lowest BCUT2D eigenvalue weighted by atomic mass is 9.79. The number of nitrogens with zero attached hydrogens (tertiary/aromatic N) is 3. The highest BCUT2D eigenvalue weighted by Crippen LogP contribution is 2.36. The molecule has 13 nitrogen and oxygen atoms in total. The number of amides is 3. The number of aliphatic hydroxyl groups is 1. The monoisotopic (exact) mass is 601 g/mol. The predicted octanol–water partition coefficient (Wildman–Crippen LogP) is 1.38. The van der Waals surface area contributed by atoms with Crippen LogP contribution in [-0.4, -0.2) is 120 Å². The van der Waals surface area contributed by atoms with Gasteiger partial charge in [-0.25, -0.2) is 4.79 Å². The normalized spacial score (nSPS) is 22.4. The van der Waals surface area contributed by atoms with Gasteiger partial charge in [-0.05, 0) is 57.4 Å². The molecule has 0 spiro atoms. The molecular formula is C30H39N3O10. The molecule has 43 heavy (non-hydrogen) atoms. The van der Waals surface area contributed by atoms with Crippen LogP contribution in [-0.2, 0) is 28.6 Å². The molecule has 0 aliphatic carbocycles. The highest BCUT2D eigenvalue weighted by molar-refractivity contribution is 6.04. The van der Waals surface area contributed by atoms with E-state index in [0.29, 0.717) is 17.9 Å². The average molecular weight is 602 g/mol. The molecule has 3 heterocycles. The lowest BCUT2D eigenvalue weighted by Gasteiger charge is -2.47. The SMILES string of the molecule is C=CCOC(=O)N1CCC[C@H]1COc1ccc(C(=O)N2CC[C@H](O)[C@H]2C(=O)N2CC(C(=O)OCC)(C(=O)OCC)C2)cc1. The first-order valence-corrected chi connectivity index (χ1v) is 14.6. The van der Waals surface area contributed by atoms with Gasteiger partial charge in [-0.1, -0.05) is 12.7 Å². The third kappa shape index (κ3) is 6.61. The van der Waals surface area contributed by atoms with Crippen molar-refractivity contribution in [1.29, 1.82) is 0 Å². The number of hydrogen-bond acceptors (Lipinski definition) is 10. The van der Waals surface area contributed by atoms with Crippen LogP contribution in [0.2, 0.25) is 0 Å². The van der Waals surface area contributed by atoms with Crippen molar-refractivity contribution in [2.75, 3.05) is 52.6 Å². The van der Waals surface area contributed by atoms with Gasteiger partial charge in [0.05, 0.1) is 25.4 Å². The molecule has 3 saturated heterocycles. The fraction of sp³-hybridized carbons (Fsp3) is 0.567. The number of carbonyl (C=O) groups excluding carboxylic acids is 5. The summed E-state index contributed by atoms with van der Waals surface area (Å²) in [6.07, 6.45) is 1.82. The number of rotatable bonds is 11. The Bertz CT molecular complexity index is 1190. The first kappa shape index (κ1) is 31.8. The van der Waals surface area contributed by atoms with E-state index in [4.69, 9.17) is 18.9 Å². The number of likely N-dealkylation sites (tertiary alicyclic amines) is 3. The van der Waals surface area contributed by atoms with E-state index in [1.807, 2.05) is 0 Å². The Morgan fingerprint density at radius 3 is 2.21 bits per heavy atom. The van der Waals surface area contributed by atoms with Crippen LogP contribution in [0, 0.1) is 5.41 Å². The maximum Gasteiger partial charge on any atom is 0.410 e. The lowest BCUT2D eigenvalue weighted by molar-refractivity contribution is -0.188. The van der Waals surface area contributed by atoms with Crippen molar-refractivity contribution in [2.24, 2.45) is 5.41 Å². The number of hydrogen-bond donors (Lipinski definition) is 1. The summed E-state index contributed by atoms with van der Waals surface area (Å²) < 4.78 is 21.2. The van der Waals surface area contributed by atoms with E-state index in [2.05, 4.69) is 6.58 Å². The highest BCUT2D eigenvalue weighted by atomic mass is 16.6. The molecule has 3 aliphatic rings. The van der Waals surface area contributed by atoms with Gasteiger partial charge in [-0.3, -0.25) is 19.2 Å². The first-order chi connectivity index (χ1) is 20.7. The summed E-state index contributed by atoms with van der Waals surface area (Å²) in [4.78, 5) is 68.5. The zero-order chi connectivity index (χ0) is 31.1. The number of aliphatic hydroxyl groups excluding tert-OH is 1. The van der Waals surface area contributed by atoms with Crippen molar-refractivity contribution in [3.63, 3.8) is 0 Å². The zero-order valence-corrected chi connectivity index (χ0v) is 24.6. The van der Waals surface area contributed by atoms with Gasteiger partial charge in [0.1, 0.15) is 25.0 Å². The second-order valence-electron chi connectivity index (χ2n) is 10.7. The summed E-state index contributed by atoms with van der Waals surface area (Å²) in [5.41, 5.74) is -1.33. The van der Waals surface area contributed by atoms with Crippen LogP contribution in [0.5, 0.6) is 5.75 Å². The van der Waals surface area contributed by atoms with Gasteiger partial charge in [0, 0.05) is 31.7 Å². The molecule has 13 heteroatoms. The van der Waals surface area contributed by atoms with Gasteiger partial charge in [-0.15, -0.1) is 0 Å². The molecule has 4 rings (SSSR count). The minimum absolute atomic E-state index is 0.0607. The van der Waals surface area contributed by atoms with Gasteiger partial charge >= 0.3 is 18.0 Å². The van der Waals surface area contributed by atoms with Crippen molar-refractivity contribution in [2.45, 2.75) is 51.3 Å². The summed E-state index contributed by atoms with van der Waals surface area (Å²) in [7, 11) is 0. The number of carbonyl (C=O) groups is 5. The van der Waals surface area contributed by atoms with Crippen LogP contribution in [0.15, 0.2) is 36.9 Å². The molecule has 3 atom stereocenters. The molecule has 3 aliphatic heterocycles. The van der Waals surface area contributed by atoms with Crippen molar-refractivity contribution >= 4 is 29.8 Å². The highest BCUT2D eigenvalue weighted by Gasteiger charge is 2.61. The van der Waals surface area contributed by atoms with E-state index in [9.17, 15) is 29.1 Å². The maximum atomic E-state index is 13.4. The summed E-state index contributed by atoms with van der Waals surface area (Å²) >= 11 is 0. The van der Waals surface area contributed by atoms with Gasteiger partial charge in [0.15, 0.2) is 5.41 Å². The molecule has 3 amide bonds. The smallest absolute Gasteiger partial charge is 0.410 e. The number of esters is 2. The summed E-state index contributed by atoms with van der Waals surface area (Å²) in [6.45, 7) is 7.52. The number of ether oxygens (including phenoxy) is 4. The van der Waals surface area contributed by atoms with E-state index in [1.165, 1.54) is 15.9 Å². The molecule has 0 aromatic heterocycles. The van der Waals surface area contributed by atoms with Gasteiger partial charge in [0.25, 0.3) is 5.91 Å². The molecule has 3 fully saturated rings. The van der Waals surface area contributed by atoms with Gasteiger partial charge in [-0.2, -0.15) is 0 Å². The topological polar surface area (TPSA) is 152 Å². The van der Waals surface area contributed by atoms with E-state index < -0.39 is 47.4 Å². The Balaban J connectivity index is 1.37. The van der Waals surface area contributed by atoms with Crippen molar-refractivity contribution in [1.82, 2.24) is 14.7 Å². The summed E-state index contributed by atoms with van der Waals surface area (Å²) in [5, 5.41) is 10.7. The number of benzene rings is 1. The Labute approximate surface area is 250 Å². The molecule has 1 aromatic rings. The maximum absolute atomic E-state index is 13.4. The molecule has 0 radical (unpaired) electrons. The first-order valence-electron chi connectivity index (χ1n) is 14.6. The van der Waals surface area contributed by atoms with E-state index in [-0.39, 0.29) is 58.5 Å². The fourth-order valence-corrected chi connectivity index (χ4v) is 5.64. The second kappa shape index (κ2) is 13.9. The Morgan fingerprint density at radius 2 is 1.60 bits per heavy atom. The predicted molar refractivity (Wildman–Crippen MR) is 151 cm³/mol. The molecule has 1 N–H and O–H groups in total. The summed E-state index contributed by atoms with van der Waals surface area (Å²) in [6, 6.07) is 5.11. The van der Waals surface area contributed by atoms with E-state index >= 15 is 0 Å². The Hall–Kier alpha value is -4.13. The Morgan fingerprint density at radius 1 is 0.953 bits per heavy atom. The third-order valence-corrected chi connectivity index (χ3v) is 7.93. The molecular weight excluding hydrogens is 562 g/mol. The summed E-state index contributed by atoms with van der Waals surface area (Å²) in [5.74, 6) is -2.04.